The number of hydrogen-bond acceptors (Lipinski definition) is 2. The highest BCUT2D eigenvalue weighted by Gasteiger charge is 2.41. The Balaban J connectivity index is 1.77. The second kappa shape index (κ2) is 8.21. The molecule has 1 saturated heterocycles. The van der Waals surface area contributed by atoms with Gasteiger partial charge >= 0.3 is 6.18 Å². The minimum Gasteiger partial charge on any atom is -0.352 e. The van der Waals surface area contributed by atoms with E-state index in [0.717, 1.165) is 12.8 Å². The number of carbonyl (C=O) groups is 2. The van der Waals surface area contributed by atoms with Gasteiger partial charge in [-0.1, -0.05) is 6.92 Å². The Bertz CT molecular complexity index is 446. The predicted octanol–water partition coefficient (Wildman–Crippen LogP) is 3.26. The summed E-state index contributed by atoms with van der Waals surface area (Å²) in [7, 11) is 0. The van der Waals surface area contributed by atoms with Crippen LogP contribution in [0.3, 0.4) is 0 Å². The monoisotopic (exact) mass is 348 g/mol. The molecule has 0 radical (unpaired) electrons. The van der Waals surface area contributed by atoms with Crippen molar-refractivity contribution in [3.05, 3.63) is 0 Å². The van der Waals surface area contributed by atoms with Gasteiger partial charge in [-0.2, -0.15) is 13.2 Å². The van der Waals surface area contributed by atoms with E-state index in [2.05, 4.69) is 5.32 Å². The molecule has 4 nitrogen and oxygen atoms in total. The molecular formula is C17H27F3N2O2. The molecule has 1 atom stereocenters. The van der Waals surface area contributed by atoms with Crippen LogP contribution < -0.4 is 5.32 Å². The summed E-state index contributed by atoms with van der Waals surface area (Å²) in [6, 6.07) is -0.00360. The molecule has 1 heterocycles. The van der Waals surface area contributed by atoms with E-state index in [1.54, 1.807) is 11.8 Å². The van der Waals surface area contributed by atoms with Crippen LogP contribution in [0.25, 0.3) is 0 Å². The second-order valence-electron chi connectivity index (χ2n) is 7.06. The molecule has 0 aromatic heterocycles. The standard InChI is InChI=1S/C17H27F3N2O2/c1-2-15(23)21-14-4-3-9-22(11-14)16(24)10-12-5-7-13(8-6-12)17(18,19)20/h12-14H,2-11H2,1H3,(H,21,23). The first-order valence-electron chi connectivity index (χ1n) is 8.93. The molecule has 1 N–H and O–H groups in total. The fourth-order valence-electron chi connectivity index (χ4n) is 3.72. The zero-order valence-corrected chi connectivity index (χ0v) is 14.2. The Kier molecular flexibility index (Phi) is 6.52. The first kappa shape index (κ1) is 19.1. The lowest BCUT2D eigenvalue weighted by molar-refractivity contribution is -0.184. The first-order chi connectivity index (χ1) is 11.3. The van der Waals surface area contributed by atoms with Crippen LogP contribution in [-0.2, 0) is 9.59 Å². The van der Waals surface area contributed by atoms with E-state index in [-0.39, 0.29) is 36.6 Å². The summed E-state index contributed by atoms with van der Waals surface area (Å²) < 4.78 is 38.1. The number of piperidine rings is 1. The summed E-state index contributed by atoms with van der Waals surface area (Å²) in [4.78, 5) is 25.7. The quantitative estimate of drug-likeness (QED) is 0.848. The molecule has 0 aromatic rings. The number of amides is 2. The summed E-state index contributed by atoms with van der Waals surface area (Å²) in [6.45, 7) is 2.98. The van der Waals surface area contributed by atoms with Gasteiger partial charge in [-0.05, 0) is 44.4 Å². The van der Waals surface area contributed by atoms with Crippen molar-refractivity contribution >= 4 is 11.8 Å². The van der Waals surface area contributed by atoms with Crippen LogP contribution in [0.15, 0.2) is 0 Å². The molecule has 0 spiro atoms. The van der Waals surface area contributed by atoms with Gasteiger partial charge in [-0.25, -0.2) is 0 Å². The van der Waals surface area contributed by atoms with Gasteiger partial charge in [0.15, 0.2) is 0 Å². The predicted molar refractivity (Wildman–Crippen MR) is 84.2 cm³/mol. The van der Waals surface area contributed by atoms with Crippen molar-refractivity contribution in [2.24, 2.45) is 11.8 Å². The molecule has 1 saturated carbocycles. The van der Waals surface area contributed by atoms with Gasteiger partial charge in [0, 0.05) is 32.0 Å². The van der Waals surface area contributed by atoms with Gasteiger partial charge in [0.1, 0.15) is 0 Å². The fourth-order valence-corrected chi connectivity index (χ4v) is 3.72. The van der Waals surface area contributed by atoms with E-state index >= 15 is 0 Å². The largest absolute Gasteiger partial charge is 0.391 e. The third-order valence-corrected chi connectivity index (χ3v) is 5.23. The van der Waals surface area contributed by atoms with Crippen LogP contribution in [0.1, 0.15) is 58.3 Å². The Labute approximate surface area is 141 Å². The lowest BCUT2D eigenvalue weighted by Crippen LogP contribution is -2.49. The Morgan fingerprint density at radius 3 is 2.38 bits per heavy atom. The van der Waals surface area contributed by atoms with Crippen LogP contribution in [0.4, 0.5) is 13.2 Å². The highest BCUT2D eigenvalue weighted by molar-refractivity contribution is 5.77. The Hall–Kier alpha value is -1.27. The summed E-state index contributed by atoms with van der Waals surface area (Å²) in [6.07, 6.45) is -0.418. The maximum Gasteiger partial charge on any atom is 0.391 e. The second-order valence-corrected chi connectivity index (χ2v) is 7.06. The number of halogens is 3. The van der Waals surface area contributed by atoms with Gasteiger partial charge in [-0.15, -0.1) is 0 Å². The highest BCUT2D eigenvalue weighted by atomic mass is 19.4. The third kappa shape index (κ3) is 5.38. The van der Waals surface area contributed by atoms with Crippen molar-refractivity contribution in [1.82, 2.24) is 10.2 Å². The summed E-state index contributed by atoms with van der Waals surface area (Å²) in [5, 5.41) is 2.92. The SMILES string of the molecule is CCC(=O)NC1CCCN(C(=O)CC2CCC(C(F)(F)F)CC2)C1. The molecule has 1 aliphatic heterocycles. The van der Waals surface area contributed by atoms with Crippen molar-refractivity contribution in [1.29, 1.82) is 0 Å². The average Bonchev–Trinajstić information content (AvgIpc) is 2.54. The lowest BCUT2D eigenvalue weighted by Gasteiger charge is -2.35. The van der Waals surface area contributed by atoms with Gasteiger partial charge in [-0.3, -0.25) is 9.59 Å². The summed E-state index contributed by atoms with van der Waals surface area (Å²) in [5.41, 5.74) is 0. The van der Waals surface area contributed by atoms with Crippen molar-refractivity contribution < 1.29 is 22.8 Å². The molecular weight excluding hydrogens is 321 g/mol. The normalized spacial score (nSPS) is 28.5. The smallest absolute Gasteiger partial charge is 0.352 e. The van der Waals surface area contributed by atoms with E-state index in [1.165, 1.54) is 0 Å². The topological polar surface area (TPSA) is 49.4 Å². The van der Waals surface area contributed by atoms with Crippen molar-refractivity contribution in [2.75, 3.05) is 13.1 Å². The molecule has 2 aliphatic rings. The maximum absolute atomic E-state index is 12.7. The average molecular weight is 348 g/mol. The third-order valence-electron chi connectivity index (χ3n) is 5.23. The van der Waals surface area contributed by atoms with Crippen LogP contribution >= 0.6 is 0 Å². The van der Waals surface area contributed by atoms with Crippen LogP contribution in [0.5, 0.6) is 0 Å². The van der Waals surface area contributed by atoms with Gasteiger partial charge in [0.05, 0.1) is 5.92 Å². The minimum absolute atomic E-state index is 0.00360. The minimum atomic E-state index is -4.10. The highest BCUT2D eigenvalue weighted by Crippen LogP contribution is 2.40. The molecule has 24 heavy (non-hydrogen) atoms. The fraction of sp³-hybridized carbons (Fsp3) is 0.882. The Morgan fingerprint density at radius 1 is 1.12 bits per heavy atom. The molecule has 1 unspecified atom stereocenters. The molecule has 1 aliphatic carbocycles. The molecule has 138 valence electrons. The zero-order valence-electron chi connectivity index (χ0n) is 14.2. The number of alkyl halides is 3. The van der Waals surface area contributed by atoms with E-state index in [4.69, 9.17) is 0 Å². The van der Waals surface area contributed by atoms with Crippen LogP contribution in [-0.4, -0.2) is 42.0 Å². The molecule has 0 bridgehead atoms. The number of carbonyl (C=O) groups excluding carboxylic acids is 2. The van der Waals surface area contributed by atoms with Crippen molar-refractivity contribution in [3.8, 4) is 0 Å². The summed E-state index contributed by atoms with van der Waals surface area (Å²) >= 11 is 0. The summed E-state index contributed by atoms with van der Waals surface area (Å²) in [5.74, 6) is -1.14. The maximum atomic E-state index is 12.7. The lowest BCUT2D eigenvalue weighted by atomic mass is 9.80. The first-order valence-corrected chi connectivity index (χ1v) is 8.93. The van der Waals surface area contributed by atoms with Gasteiger partial charge in [0.2, 0.25) is 11.8 Å². The zero-order chi connectivity index (χ0) is 17.7. The van der Waals surface area contributed by atoms with Gasteiger partial charge < -0.3 is 10.2 Å². The van der Waals surface area contributed by atoms with E-state index in [1.807, 2.05) is 0 Å². The molecule has 2 amide bonds. The molecule has 2 rings (SSSR count). The Morgan fingerprint density at radius 2 is 1.79 bits per heavy atom. The van der Waals surface area contributed by atoms with E-state index in [0.29, 0.717) is 38.8 Å². The molecule has 7 heteroatoms. The number of likely N-dealkylation sites (tertiary alicyclic amines) is 1. The van der Waals surface area contributed by atoms with Crippen molar-refractivity contribution in [2.45, 2.75) is 70.5 Å². The molecule has 0 aromatic carbocycles. The van der Waals surface area contributed by atoms with Crippen molar-refractivity contribution in [3.63, 3.8) is 0 Å². The van der Waals surface area contributed by atoms with E-state index < -0.39 is 12.1 Å². The van der Waals surface area contributed by atoms with Gasteiger partial charge in [0.25, 0.3) is 0 Å². The van der Waals surface area contributed by atoms with Crippen LogP contribution in [0.2, 0.25) is 0 Å². The number of hydrogen-bond donors (Lipinski definition) is 1. The number of nitrogens with one attached hydrogen (secondary N) is 1. The van der Waals surface area contributed by atoms with Crippen LogP contribution in [0, 0.1) is 11.8 Å². The number of nitrogens with zero attached hydrogens (tertiary/aromatic N) is 1. The molecule has 2 fully saturated rings. The number of rotatable bonds is 4. The van der Waals surface area contributed by atoms with E-state index in [9.17, 15) is 22.8 Å².